The van der Waals surface area contributed by atoms with Gasteiger partial charge in [0.15, 0.2) is 5.78 Å². The van der Waals surface area contributed by atoms with Crippen molar-refractivity contribution in [3.05, 3.63) is 33.8 Å². The third-order valence-corrected chi connectivity index (χ3v) is 3.03. The lowest BCUT2D eigenvalue weighted by atomic mass is 10.0. The second kappa shape index (κ2) is 3.83. The van der Waals surface area contributed by atoms with E-state index in [-0.39, 0.29) is 5.78 Å². The molecule has 1 aliphatic rings. The van der Waals surface area contributed by atoms with Gasteiger partial charge < -0.3 is 4.90 Å². The minimum atomic E-state index is 0.255. The van der Waals surface area contributed by atoms with Crippen molar-refractivity contribution in [2.75, 3.05) is 13.6 Å². The van der Waals surface area contributed by atoms with Crippen LogP contribution < -0.4 is 0 Å². The van der Waals surface area contributed by atoms with Gasteiger partial charge in [0, 0.05) is 29.5 Å². The van der Waals surface area contributed by atoms with Crippen LogP contribution in [-0.4, -0.2) is 24.3 Å². The van der Waals surface area contributed by atoms with Crippen LogP contribution in [0.3, 0.4) is 0 Å². The van der Waals surface area contributed by atoms with Crippen molar-refractivity contribution in [2.24, 2.45) is 0 Å². The normalized spacial score (nSPS) is 17.7. The van der Waals surface area contributed by atoms with E-state index >= 15 is 0 Å². The Hall–Kier alpha value is -0.670. The molecule has 14 heavy (non-hydrogen) atoms. The fourth-order valence-corrected chi connectivity index (χ4v) is 2.10. The smallest absolute Gasteiger partial charge is 0.164 e. The van der Waals surface area contributed by atoms with Crippen LogP contribution in [0.5, 0.6) is 0 Å². The molecule has 1 aromatic carbocycles. The first kappa shape index (κ1) is 9.87. The van der Waals surface area contributed by atoms with Crippen molar-refractivity contribution in [1.82, 2.24) is 4.90 Å². The molecule has 1 aliphatic heterocycles. The Morgan fingerprint density at radius 3 is 3.00 bits per heavy atom. The van der Waals surface area contributed by atoms with Gasteiger partial charge >= 0.3 is 0 Å². The van der Waals surface area contributed by atoms with Crippen molar-refractivity contribution < 1.29 is 4.79 Å². The number of halogens is 1. The summed E-state index contributed by atoms with van der Waals surface area (Å²) in [5.41, 5.74) is 2.02. The van der Waals surface area contributed by atoms with Crippen molar-refractivity contribution in [1.29, 1.82) is 0 Å². The average Bonchev–Trinajstić information content (AvgIpc) is 2.29. The number of ketones is 1. The van der Waals surface area contributed by atoms with E-state index in [9.17, 15) is 4.79 Å². The van der Waals surface area contributed by atoms with Crippen LogP contribution in [0.1, 0.15) is 22.3 Å². The number of rotatable bonds is 0. The second-order valence-corrected chi connectivity index (χ2v) is 4.63. The molecule has 2 nitrogen and oxygen atoms in total. The predicted octanol–water partition coefficient (Wildman–Crippen LogP) is 2.47. The number of carbonyl (C=O) groups excluding carboxylic acids is 1. The molecule has 0 spiro atoms. The highest BCUT2D eigenvalue weighted by Gasteiger charge is 2.17. The summed E-state index contributed by atoms with van der Waals surface area (Å²) in [4.78, 5) is 13.9. The molecule has 1 aromatic rings. The Kier molecular flexibility index (Phi) is 2.70. The van der Waals surface area contributed by atoms with Crippen molar-refractivity contribution in [3.8, 4) is 0 Å². The van der Waals surface area contributed by atoms with Gasteiger partial charge in [0.25, 0.3) is 0 Å². The Morgan fingerprint density at radius 1 is 1.43 bits per heavy atom. The fraction of sp³-hybridized carbons (Fsp3) is 0.364. The van der Waals surface area contributed by atoms with Gasteiger partial charge in [0.2, 0.25) is 0 Å². The molecule has 0 amide bonds. The molecular weight excluding hydrogens is 242 g/mol. The van der Waals surface area contributed by atoms with Gasteiger partial charge in [-0.1, -0.05) is 22.0 Å². The van der Waals surface area contributed by atoms with Crippen molar-refractivity contribution >= 4 is 21.7 Å². The minimum absolute atomic E-state index is 0.255. The molecule has 0 saturated heterocycles. The number of benzene rings is 1. The zero-order valence-corrected chi connectivity index (χ0v) is 9.67. The molecule has 0 bridgehead atoms. The van der Waals surface area contributed by atoms with Gasteiger partial charge in [0.1, 0.15) is 0 Å². The molecule has 2 rings (SSSR count). The van der Waals surface area contributed by atoms with E-state index < -0.39 is 0 Å². The average molecular weight is 254 g/mol. The summed E-state index contributed by atoms with van der Waals surface area (Å²) in [6.07, 6.45) is 0.625. The maximum atomic E-state index is 11.8. The summed E-state index contributed by atoms with van der Waals surface area (Å²) >= 11 is 3.39. The number of hydrogen-bond acceptors (Lipinski definition) is 2. The van der Waals surface area contributed by atoms with Crippen LogP contribution in [-0.2, 0) is 6.54 Å². The van der Waals surface area contributed by atoms with E-state index in [2.05, 4.69) is 20.8 Å². The third kappa shape index (κ3) is 1.88. The molecule has 74 valence electrons. The van der Waals surface area contributed by atoms with Gasteiger partial charge in [-0.3, -0.25) is 4.79 Å². The van der Waals surface area contributed by atoms with Gasteiger partial charge in [-0.25, -0.2) is 0 Å². The first-order valence-electron chi connectivity index (χ1n) is 4.67. The SMILES string of the molecule is CN1CCC(=O)c2cc(Br)ccc2C1. The Bertz CT molecular complexity index is 376. The molecule has 0 radical (unpaired) electrons. The van der Waals surface area contributed by atoms with Crippen LogP contribution in [0, 0.1) is 0 Å². The van der Waals surface area contributed by atoms with Gasteiger partial charge in [-0.15, -0.1) is 0 Å². The van der Waals surface area contributed by atoms with Crippen LogP contribution in [0.25, 0.3) is 0 Å². The van der Waals surface area contributed by atoms with E-state index in [0.717, 1.165) is 28.7 Å². The summed E-state index contributed by atoms with van der Waals surface area (Å²) in [5.74, 6) is 0.255. The summed E-state index contributed by atoms with van der Waals surface area (Å²) in [6, 6.07) is 5.95. The van der Waals surface area contributed by atoms with Gasteiger partial charge in [-0.05, 0) is 24.7 Å². The topological polar surface area (TPSA) is 20.3 Å². The number of Topliss-reactive ketones (excluding diaryl/α,β-unsaturated/α-hetero) is 1. The van der Waals surface area contributed by atoms with Crippen LogP contribution in [0.2, 0.25) is 0 Å². The number of hydrogen-bond donors (Lipinski definition) is 0. The lowest BCUT2D eigenvalue weighted by Gasteiger charge is -2.12. The van der Waals surface area contributed by atoms with E-state index in [0.29, 0.717) is 6.42 Å². The van der Waals surface area contributed by atoms with E-state index in [1.54, 1.807) is 0 Å². The predicted molar refractivity (Wildman–Crippen MR) is 59.4 cm³/mol. The molecule has 0 fully saturated rings. The standard InChI is InChI=1S/C11H12BrNO/c1-13-5-4-11(14)10-6-9(12)3-2-8(10)7-13/h2-3,6H,4-5,7H2,1H3. The first-order valence-corrected chi connectivity index (χ1v) is 5.46. The van der Waals surface area contributed by atoms with Gasteiger partial charge in [-0.2, -0.15) is 0 Å². The van der Waals surface area contributed by atoms with E-state index in [1.165, 1.54) is 0 Å². The summed E-state index contributed by atoms with van der Waals surface area (Å²) in [6.45, 7) is 1.72. The molecule has 3 heteroatoms. The molecule has 0 aliphatic carbocycles. The lowest BCUT2D eigenvalue weighted by Crippen LogP contribution is -2.17. The zero-order chi connectivity index (χ0) is 10.1. The van der Waals surface area contributed by atoms with Crippen LogP contribution in [0.15, 0.2) is 22.7 Å². The fourth-order valence-electron chi connectivity index (χ4n) is 1.74. The number of fused-ring (bicyclic) bond motifs is 1. The van der Waals surface area contributed by atoms with Crippen LogP contribution in [0.4, 0.5) is 0 Å². The van der Waals surface area contributed by atoms with E-state index in [4.69, 9.17) is 0 Å². The summed E-state index contributed by atoms with van der Waals surface area (Å²) in [7, 11) is 2.05. The summed E-state index contributed by atoms with van der Waals surface area (Å²) < 4.78 is 0.981. The highest BCUT2D eigenvalue weighted by atomic mass is 79.9. The number of nitrogens with zero attached hydrogens (tertiary/aromatic N) is 1. The zero-order valence-electron chi connectivity index (χ0n) is 8.09. The second-order valence-electron chi connectivity index (χ2n) is 3.71. The Morgan fingerprint density at radius 2 is 2.21 bits per heavy atom. The van der Waals surface area contributed by atoms with Crippen LogP contribution >= 0.6 is 15.9 Å². The quantitative estimate of drug-likeness (QED) is 0.708. The monoisotopic (exact) mass is 253 g/mol. The lowest BCUT2D eigenvalue weighted by molar-refractivity contribution is 0.0976. The molecule has 0 atom stereocenters. The Balaban J connectivity index is 2.47. The largest absolute Gasteiger partial charge is 0.302 e. The van der Waals surface area contributed by atoms with Gasteiger partial charge in [0.05, 0.1) is 0 Å². The molecular formula is C11H12BrNO. The highest BCUT2D eigenvalue weighted by Crippen LogP contribution is 2.21. The Labute approximate surface area is 92.0 Å². The molecule has 0 unspecified atom stereocenters. The molecule has 0 aromatic heterocycles. The maximum Gasteiger partial charge on any atom is 0.164 e. The molecule has 0 N–H and O–H groups in total. The van der Waals surface area contributed by atoms with E-state index in [1.807, 2.05) is 25.2 Å². The summed E-state index contributed by atoms with van der Waals surface area (Å²) in [5, 5.41) is 0. The maximum absolute atomic E-state index is 11.8. The first-order chi connectivity index (χ1) is 6.66. The van der Waals surface area contributed by atoms with Crippen molar-refractivity contribution in [2.45, 2.75) is 13.0 Å². The molecule has 1 heterocycles. The minimum Gasteiger partial charge on any atom is -0.302 e. The third-order valence-electron chi connectivity index (χ3n) is 2.53. The number of carbonyl (C=O) groups is 1. The highest BCUT2D eigenvalue weighted by molar-refractivity contribution is 9.10. The van der Waals surface area contributed by atoms with Crippen molar-refractivity contribution in [3.63, 3.8) is 0 Å². The molecule has 0 saturated carbocycles.